The number of carboxylic acids is 1. The maximum atomic E-state index is 13.9. The van der Waals surface area contributed by atoms with E-state index in [1.807, 2.05) is 0 Å². The number of carboxylic acid groups (broad SMARTS) is 1. The summed E-state index contributed by atoms with van der Waals surface area (Å²) in [6.07, 6.45) is -8.68. The summed E-state index contributed by atoms with van der Waals surface area (Å²) < 4.78 is 87.8. The summed E-state index contributed by atoms with van der Waals surface area (Å²) in [5.41, 5.74) is -3.62. The van der Waals surface area contributed by atoms with Gasteiger partial charge in [0.05, 0.1) is 51.6 Å². The number of fused-ring (bicyclic) bond motifs is 3. The summed E-state index contributed by atoms with van der Waals surface area (Å²) in [4.78, 5) is 15.5. The van der Waals surface area contributed by atoms with Crippen molar-refractivity contribution in [3.8, 4) is 17.0 Å². The van der Waals surface area contributed by atoms with Crippen LogP contribution in [0.5, 0.6) is 5.75 Å². The van der Waals surface area contributed by atoms with Crippen LogP contribution in [0.3, 0.4) is 0 Å². The number of aromatic carboxylic acids is 1. The molecule has 0 saturated heterocycles. The maximum absolute atomic E-state index is 13.9. The molecular weight excluding hydrogens is 442 g/mol. The highest BCUT2D eigenvalue weighted by Gasteiger charge is 2.41. The molecular formula is C21H12F6N2O3. The summed E-state index contributed by atoms with van der Waals surface area (Å²) >= 11 is 0. The minimum absolute atomic E-state index is 0.0108. The third kappa shape index (κ3) is 3.49. The predicted octanol–water partition coefficient (Wildman–Crippen LogP) is 5.90. The van der Waals surface area contributed by atoms with Gasteiger partial charge in [0, 0.05) is 6.20 Å². The minimum Gasteiger partial charge on any atom is -0.496 e. The highest BCUT2D eigenvalue weighted by molar-refractivity contribution is 5.95. The van der Waals surface area contributed by atoms with Crippen LogP contribution in [0.1, 0.15) is 21.5 Å². The standard InChI is InChI=1S/C21H12F6N2O3/c1-32-16-9-11(20(22,23)24)8-12(21(25,26)27)17(16)18-15-3-2-6-29(15)14-5-4-10(19(30)31)7-13(14)28-18/h2-9H,1H3,(H,30,31). The zero-order valence-electron chi connectivity index (χ0n) is 16.0. The van der Waals surface area contributed by atoms with Gasteiger partial charge in [0.2, 0.25) is 0 Å². The summed E-state index contributed by atoms with van der Waals surface area (Å²) in [5.74, 6) is -1.94. The number of aromatic nitrogens is 2. The second-order valence-electron chi connectivity index (χ2n) is 6.83. The van der Waals surface area contributed by atoms with E-state index in [2.05, 4.69) is 4.98 Å². The monoisotopic (exact) mass is 454 g/mol. The van der Waals surface area contributed by atoms with Crippen molar-refractivity contribution in [3.63, 3.8) is 0 Å². The fourth-order valence-corrected chi connectivity index (χ4v) is 3.50. The molecule has 0 spiro atoms. The number of ether oxygens (including phenoxy) is 1. The number of hydrogen-bond donors (Lipinski definition) is 1. The molecule has 4 aromatic rings. The molecule has 11 heteroatoms. The second-order valence-corrected chi connectivity index (χ2v) is 6.83. The van der Waals surface area contributed by atoms with Gasteiger partial charge < -0.3 is 14.2 Å². The molecule has 1 N–H and O–H groups in total. The van der Waals surface area contributed by atoms with E-state index in [4.69, 9.17) is 4.74 Å². The summed E-state index contributed by atoms with van der Waals surface area (Å²) in [7, 11) is 0.956. The second kappa shape index (κ2) is 7.14. The van der Waals surface area contributed by atoms with Gasteiger partial charge in [0.25, 0.3) is 0 Å². The lowest BCUT2D eigenvalue weighted by atomic mass is 9.98. The first-order chi connectivity index (χ1) is 14.9. The molecule has 4 rings (SSSR count). The van der Waals surface area contributed by atoms with Gasteiger partial charge in [-0.15, -0.1) is 0 Å². The smallest absolute Gasteiger partial charge is 0.417 e. The van der Waals surface area contributed by atoms with Crippen LogP contribution in [0, 0.1) is 0 Å². The predicted molar refractivity (Wildman–Crippen MR) is 102 cm³/mol. The molecule has 2 aromatic heterocycles. The Labute approximate surface area is 175 Å². The number of benzene rings is 2. The molecule has 0 amide bonds. The first-order valence-corrected chi connectivity index (χ1v) is 8.92. The molecule has 2 aromatic carbocycles. The van der Waals surface area contributed by atoms with E-state index in [1.54, 1.807) is 0 Å². The topological polar surface area (TPSA) is 63.8 Å². The first-order valence-electron chi connectivity index (χ1n) is 8.92. The van der Waals surface area contributed by atoms with Crippen molar-refractivity contribution in [2.75, 3.05) is 7.11 Å². The Kier molecular flexibility index (Phi) is 4.79. The zero-order valence-corrected chi connectivity index (χ0v) is 16.0. The molecule has 5 nitrogen and oxygen atoms in total. The van der Waals surface area contributed by atoms with Crippen molar-refractivity contribution in [1.29, 1.82) is 0 Å². The summed E-state index contributed by atoms with van der Waals surface area (Å²) in [6.45, 7) is 0. The number of rotatable bonds is 3. The van der Waals surface area contributed by atoms with Gasteiger partial charge in [-0.05, 0) is 42.5 Å². The van der Waals surface area contributed by atoms with Crippen molar-refractivity contribution in [2.24, 2.45) is 0 Å². The Bertz CT molecular complexity index is 1370. The van der Waals surface area contributed by atoms with E-state index < -0.39 is 40.8 Å². The Morgan fingerprint density at radius 2 is 1.72 bits per heavy atom. The third-order valence-corrected chi connectivity index (χ3v) is 4.90. The molecule has 0 aliphatic rings. The summed E-state index contributed by atoms with van der Waals surface area (Å²) in [6, 6.07) is 7.38. The van der Waals surface area contributed by atoms with E-state index in [-0.39, 0.29) is 28.4 Å². The SMILES string of the molecule is COc1cc(C(F)(F)F)cc(C(F)(F)F)c1-c1nc2cc(C(=O)O)ccc2n2cccc12. The van der Waals surface area contributed by atoms with Crippen LogP contribution in [0.2, 0.25) is 0 Å². The van der Waals surface area contributed by atoms with Gasteiger partial charge in [0.15, 0.2) is 0 Å². The average Bonchev–Trinajstić information content (AvgIpc) is 3.20. The van der Waals surface area contributed by atoms with Crippen molar-refractivity contribution >= 4 is 22.5 Å². The Morgan fingerprint density at radius 1 is 1.00 bits per heavy atom. The van der Waals surface area contributed by atoms with Crippen LogP contribution >= 0.6 is 0 Å². The van der Waals surface area contributed by atoms with E-state index in [1.165, 1.54) is 40.9 Å². The van der Waals surface area contributed by atoms with Crippen LogP contribution in [0.4, 0.5) is 26.3 Å². The van der Waals surface area contributed by atoms with Crippen molar-refractivity contribution < 1.29 is 41.0 Å². The number of nitrogens with zero attached hydrogens (tertiary/aromatic N) is 2. The normalized spacial score (nSPS) is 12.5. The fourth-order valence-electron chi connectivity index (χ4n) is 3.50. The summed E-state index contributed by atoms with van der Waals surface area (Å²) in [5, 5.41) is 9.23. The molecule has 0 aliphatic carbocycles. The molecule has 166 valence electrons. The lowest BCUT2D eigenvalue weighted by molar-refractivity contribution is -0.142. The first kappa shape index (κ1) is 21.5. The van der Waals surface area contributed by atoms with Gasteiger partial charge in [-0.3, -0.25) is 0 Å². The van der Waals surface area contributed by atoms with Gasteiger partial charge in [-0.1, -0.05) is 0 Å². The van der Waals surface area contributed by atoms with Crippen LogP contribution in [0.25, 0.3) is 27.8 Å². The molecule has 0 unspecified atom stereocenters. The molecule has 2 heterocycles. The number of hydrogen-bond acceptors (Lipinski definition) is 3. The molecule has 0 saturated carbocycles. The van der Waals surface area contributed by atoms with Gasteiger partial charge in [-0.25, -0.2) is 9.78 Å². The molecule has 32 heavy (non-hydrogen) atoms. The largest absolute Gasteiger partial charge is 0.496 e. The molecule has 0 bridgehead atoms. The molecule has 0 aliphatic heterocycles. The van der Waals surface area contributed by atoms with E-state index in [9.17, 15) is 36.2 Å². The van der Waals surface area contributed by atoms with Gasteiger partial charge in [-0.2, -0.15) is 26.3 Å². The van der Waals surface area contributed by atoms with Crippen LogP contribution in [0.15, 0.2) is 48.7 Å². The van der Waals surface area contributed by atoms with Crippen molar-refractivity contribution in [1.82, 2.24) is 9.38 Å². The molecule has 0 fully saturated rings. The van der Waals surface area contributed by atoms with Crippen LogP contribution < -0.4 is 4.74 Å². The van der Waals surface area contributed by atoms with Crippen molar-refractivity contribution in [3.05, 3.63) is 65.4 Å². The third-order valence-electron chi connectivity index (χ3n) is 4.90. The Morgan fingerprint density at radius 3 is 2.31 bits per heavy atom. The highest BCUT2D eigenvalue weighted by Crippen LogP contribution is 2.46. The number of alkyl halides is 6. The molecule has 0 atom stereocenters. The van der Waals surface area contributed by atoms with Gasteiger partial charge in [0.1, 0.15) is 5.75 Å². The maximum Gasteiger partial charge on any atom is 0.417 e. The van der Waals surface area contributed by atoms with Crippen molar-refractivity contribution in [2.45, 2.75) is 12.4 Å². The van der Waals surface area contributed by atoms with Crippen LogP contribution in [-0.2, 0) is 12.4 Å². The number of carbonyl (C=O) groups is 1. The molecule has 0 radical (unpaired) electrons. The average molecular weight is 454 g/mol. The Balaban J connectivity index is 2.15. The lowest BCUT2D eigenvalue weighted by Crippen LogP contribution is -2.14. The van der Waals surface area contributed by atoms with E-state index in [0.29, 0.717) is 11.6 Å². The quantitative estimate of drug-likeness (QED) is 0.392. The van der Waals surface area contributed by atoms with E-state index >= 15 is 0 Å². The fraction of sp³-hybridized carbons (Fsp3) is 0.143. The zero-order chi connectivity index (χ0) is 23.4. The highest BCUT2D eigenvalue weighted by atomic mass is 19.4. The number of halogens is 6. The van der Waals surface area contributed by atoms with E-state index in [0.717, 1.165) is 7.11 Å². The van der Waals surface area contributed by atoms with Gasteiger partial charge >= 0.3 is 18.3 Å². The lowest BCUT2D eigenvalue weighted by Gasteiger charge is -2.20. The van der Waals surface area contributed by atoms with Crippen LogP contribution in [-0.4, -0.2) is 27.6 Å². The number of methoxy groups -OCH3 is 1. The minimum atomic E-state index is -5.16. The Hall–Kier alpha value is -3.76.